The lowest BCUT2D eigenvalue weighted by atomic mass is 10.2. The van der Waals surface area contributed by atoms with Crippen LogP contribution in [-0.2, 0) is 6.54 Å². The van der Waals surface area contributed by atoms with Gasteiger partial charge in [0.1, 0.15) is 5.69 Å². The van der Waals surface area contributed by atoms with Crippen molar-refractivity contribution in [1.82, 2.24) is 19.8 Å². The van der Waals surface area contributed by atoms with Gasteiger partial charge < -0.3 is 9.80 Å². The van der Waals surface area contributed by atoms with E-state index < -0.39 is 0 Å². The largest absolute Gasteiger partial charge is 0.338 e. The predicted molar refractivity (Wildman–Crippen MR) is 115 cm³/mol. The first kappa shape index (κ1) is 19.8. The number of carbonyl (C=O) groups excluding carboxylic acids is 1. The van der Waals surface area contributed by atoms with Crippen LogP contribution < -0.4 is 4.90 Å². The van der Waals surface area contributed by atoms with Crippen molar-refractivity contribution in [3.63, 3.8) is 0 Å². The summed E-state index contributed by atoms with van der Waals surface area (Å²) in [6.45, 7) is 8.33. The third kappa shape index (κ3) is 5.12. The van der Waals surface area contributed by atoms with Crippen LogP contribution in [0.4, 0.5) is 5.95 Å². The lowest BCUT2D eigenvalue weighted by molar-refractivity contribution is 0.0755. The van der Waals surface area contributed by atoms with Crippen molar-refractivity contribution in [2.45, 2.75) is 39.2 Å². The van der Waals surface area contributed by atoms with Gasteiger partial charge >= 0.3 is 0 Å². The molecule has 3 heterocycles. The Kier molecular flexibility index (Phi) is 6.39. The van der Waals surface area contributed by atoms with Crippen LogP contribution in [0, 0.1) is 6.92 Å². The number of rotatable bonds is 4. The topological polar surface area (TPSA) is 52.6 Å². The molecular weight excluding hydrogens is 362 g/mol. The quantitative estimate of drug-likeness (QED) is 0.799. The highest BCUT2D eigenvalue weighted by Crippen LogP contribution is 2.17. The summed E-state index contributed by atoms with van der Waals surface area (Å²) in [7, 11) is 0. The average Bonchev–Trinajstić information content (AvgIpc) is 3.04. The van der Waals surface area contributed by atoms with Crippen LogP contribution in [0.1, 0.15) is 47.4 Å². The molecule has 154 valence electrons. The van der Waals surface area contributed by atoms with Gasteiger partial charge in [0.15, 0.2) is 0 Å². The number of benzene rings is 1. The zero-order valence-electron chi connectivity index (χ0n) is 17.4. The van der Waals surface area contributed by atoms with Gasteiger partial charge in [0.25, 0.3) is 5.91 Å². The first-order valence-electron chi connectivity index (χ1n) is 10.9. The molecule has 1 amide bonds. The highest BCUT2D eigenvalue weighted by molar-refractivity contribution is 5.92. The van der Waals surface area contributed by atoms with E-state index in [9.17, 15) is 4.79 Å². The van der Waals surface area contributed by atoms with E-state index in [1.807, 2.05) is 17.9 Å². The molecule has 2 aliphatic rings. The molecule has 2 saturated heterocycles. The summed E-state index contributed by atoms with van der Waals surface area (Å²) >= 11 is 0. The Morgan fingerprint density at radius 1 is 0.897 bits per heavy atom. The highest BCUT2D eigenvalue weighted by atomic mass is 16.2. The van der Waals surface area contributed by atoms with E-state index in [1.54, 1.807) is 0 Å². The van der Waals surface area contributed by atoms with Crippen LogP contribution in [-0.4, -0.2) is 64.9 Å². The number of amides is 1. The molecule has 2 fully saturated rings. The second-order valence-electron chi connectivity index (χ2n) is 8.15. The summed E-state index contributed by atoms with van der Waals surface area (Å²) < 4.78 is 0. The molecule has 2 aliphatic heterocycles. The molecule has 6 nitrogen and oxygen atoms in total. The molecular formula is C23H31N5O. The third-order valence-electron chi connectivity index (χ3n) is 5.86. The molecule has 1 aromatic carbocycles. The first-order valence-corrected chi connectivity index (χ1v) is 10.9. The molecule has 0 atom stereocenters. The molecule has 0 aliphatic carbocycles. The van der Waals surface area contributed by atoms with Crippen molar-refractivity contribution < 1.29 is 4.79 Å². The van der Waals surface area contributed by atoms with Crippen LogP contribution in [0.15, 0.2) is 36.4 Å². The first-order chi connectivity index (χ1) is 14.2. The van der Waals surface area contributed by atoms with Crippen molar-refractivity contribution in [3.8, 4) is 0 Å². The monoisotopic (exact) mass is 393 g/mol. The molecule has 0 unspecified atom stereocenters. The van der Waals surface area contributed by atoms with Gasteiger partial charge in [-0.05, 0) is 31.4 Å². The maximum atomic E-state index is 13.0. The van der Waals surface area contributed by atoms with Gasteiger partial charge in [-0.2, -0.15) is 0 Å². The number of anilines is 1. The average molecular weight is 394 g/mol. The molecule has 0 saturated carbocycles. The fourth-order valence-corrected chi connectivity index (χ4v) is 4.19. The minimum atomic E-state index is 0.0568. The second kappa shape index (κ2) is 9.35. The Bertz CT molecular complexity index is 809. The maximum Gasteiger partial charge on any atom is 0.272 e. The highest BCUT2D eigenvalue weighted by Gasteiger charge is 2.23. The van der Waals surface area contributed by atoms with Gasteiger partial charge in [0.2, 0.25) is 5.95 Å². The lowest BCUT2D eigenvalue weighted by Crippen LogP contribution is -2.46. The van der Waals surface area contributed by atoms with Crippen LogP contribution in [0.5, 0.6) is 0 Å². The van der Waals surface area contributed by atoms with Crippen LogP contribution in [0.25, 0.3) is 0 Å². The molecule has 4 rings (SSSR count). The molecule has 0 bridgehead atoms. The number of carbonyl (C=O) groups is 1. The van der Waals surface area contributed by atoms with Crippen LogP contribution >= 0.6 is 0 Å². The molecule has 2 aromatic rings. The number of piperazine rings is 1. The zero-order chi connectivity index (χ0) is 20.1. The molecule has 0 radical (unpaired) electrons. The molecule has 1 aromatic heterocycles. The molecule has 29 heavy (non-hydrogen) atoms. The van der Waals surface area contributed by atoms with Crippen LogP contribution in [0.3, 0.4) is 0 Å². The van der Waals surface area contributed by atoms with E-state index >= 15 is 0 Å². The number of aromatic nitrogens is 2. The van der Waals surface area contributed by atoms with Crippen molar-refractivity contribution in [1.29, 1.82) is 0 Å². The SMILES string of the molecule is Cc1cc(C(=O)N2CCCCCC2)nc(N2CCN(Cc3ccccc3)CC2)n1. The van der Waals surface area contributed by atoms with E-state index in [2.05, 4.69) is 50.1 Å². The van der Waals surface area contributed by atoms with E-state index in [-0.39, 0.29) is 5.91 Å². The molecule has 0 N–H and O–H groups in total. The van der Waals surface area contributed by atoms with Gasteiger partial charge in [0.05, 0.1) is 0 Å². The van der Waals surface area contributed by atoms with Gasteiger partial charge in [0, 0.05) is 51.5 Å². The standard InChI is InChI=1S/C23H31N5O/c1-19-17-21(22(29)27-11-7-2-3-8-12-27)25-23(24-19)28-15-13-26(14-16-28)18-20-9-5-4-6-10-20/h4-6,9-10,17H,2-3,7-8,11-16,18H2,1H3. The third-order valence-corrected chi connectivity index (χ3v) is 5.86. The Morgan fingerprint density at radius 3 is 2.28 bits per heavy atom. The van der Waals surface area contributed by atoms with Crippen molar-refractivity contribution >= 4 is 11.9 Å². The lowest BCUT2D eigenvalue weighted by Gasteiger charge is -2.35. The summed E-state index contributed by atoms with van der Waals surface area (Å²) in [4.78, 5) is 29.0. The van der Waals surface area contributed by atoms with Gasteiger partial charge in [-0.15, -0.1) is 0 Å². The summed E-state index contributed by atoms with van der Waals surface area (Å²) in [5.41, 5.74) is 2.75. The van der Waals surface area contributed by atoms with Gasteiger partial charge in [-0.1, -0.05) is 43.2 Å². The van der Waals surface area contributed by atoms with E-state index in [0.717, 1.165) is 64.3 Å². The van der Waals surface area contributed by atoms with Gasteiger partial charge in [-0.3, -0.25) is 9.69 Å². The predicted octanol–water partition coefficient (Wildman–Crippen LogP) is 3.12. The number of likely N-dealkylation sites (tertiary alicyclic amines) is 1. The molecule has 0 spiro atoms. The van der Waals surface area contributed by atoms with Gasteiger partial charge in [-0.25, -0.2) is 9.97 Å². The summed E-state index contributed by atoms with van der Waals surface area (Å²) in [5.74, 6) is 0.754. The number of hydrogen-bond acceptors (Lipinski definition) is 5. The van der Waals surface area contributed by atoms with E-state index in [0.29, 0.717) is 11.6 Å². The zero-order valence-corrected chi connectivity index (χ0v) is 17.4. The van der Waals surface area contributed by atoms with Crippen LogP contribution in [0.2, 0.25) is 0 Å². The summed E-state index contributed by atoms with van der Waals surface area (Å²) in [5, 5.41) is 0. The summed E-state index contributed by atoms with van der Waals surface area (Å²) in [6, 6.07) is 12.4. The Labute approximate surface area is 173 Å². The fraction of sp³-hybridized carbons (Fsp3) is 0.522. The Morgan fingerprint density at radius 2 is 1.59 bits per heavy atom. The van der Waals surface area contributed by atoms with Crippen molar-refractivity contribution in [2.75, 3.05) is 44.2 Å². The normalized spacial score (nSPS) is 18.5. The van der Waals surface area contributed by atoms with E-state index in [4.69, 9.17) is 0 Å². The summed E-state index contributed by atoms with van der Waals surface area (Å²) in [6.07, 6.45) is 4.61. The fourth-order valence-electron chi connectivity index (χ4n) is 4.19. The second-order valence-corrected chi connectivity index (χ2v) is 8.15. The smallest absolute Gasteiger partial charge is 0.272 e. The Balaban J connectivity index is 1.41. The maximum absolute atomic E-state index is 13.0. The van der Waals surface area contributed by atoms with Crippen molar-refractivity contribution in [2.24, 2.45) is 0 Å². The Hall–Kier alpha value is -2.47. The molecule has 6 heteroatoms. The number of aryl methyl sites for hydroxylation is 1. The van der Waals surface area contributed by atoms with Crippen molar-refractivity contribution in [3.05, 3.63) is 53.3 Å². The minimum absolute atomic E-state index is 0.0568. The number of hydrogen-bond donors (Lipinski definition) is 0. The number of nitrogens with zero attached hydrogens (tertiary/aromatic N) is 5. The van der Waals surface area contributed by atoms with E-state index in [1.165, 1.54) is 18.4 Å². The minimum Gasteiger partial charge on any atom is -0.338 e.